The zero-order valence-electron chi connectivity index (χ0n) is 3.81. The van der Waals surface area contributed by atoms with Crippen molar-refractivity contribution >= 4 is 0 Å². The predicted molar refractivity (Wildman–Crippen MR) is 24.7 cm³/mol. The maximum atomic E-state index is 4.80. The van der Waals surface area contributed by atoms with Crippen LogP contribution in [-0.4, -0.2) is 12.7 Å². The highest BCUT2D eigenvalue weighted by atomic mass is 16.6. The Labute approximate surface area is 38.1 Å². The highest BCUT2D eigenvalue weighted by Gasteiger charge is 2.18. The van der Waals surface area contributed by atoms with E-state index in [4.69, 9.17) is 4.74 Å². The van der Waals surface area contributed by atoms with E-state index in [9.17, 15) is 0 Å². The lowest BCUT2D eigenvalue weighted by Crippen LogP contribution is -1.73. The first-order chi connectivity index (χ1) is 2.43. The van der Waals surface area contributed by atoms with E-state index in [1.807, 2.05) is 0 Å². The van der Waals surface area contributed by atoms with Crippen molar-refractivity contribution in [1.29, 1.82) is 0 Å². The molecule has 37 valence electrons. The second-order valence-corrected chi connectivity index (χ2v) is 1.24. The average Bonchev–Trinajstić information content (AvgIpc) is 2.12. The standard InChI is InChI=1S/C4H7O.H3N/c1-2-4-3-5-4;/h4H,1-3H2;1H3. The summed E-state index contributed by atoms with van der Waals surface area (Å²) in [6, 6.07) is 0. The van der Waals surface area contributed by atoms with Gasteiger partial charge in [-0.3, -0.25) is 0 Å². The summed E-state index contributed by atoms with van der Waals surface area (Å²) in [6.45, 7) is 4.57. The van der Waals surface area contributed by atoms with E-state index in [0.29, 0.717) is 6.10 Å². The minimum absolute atomic E-state index is 0. The van der Waals surface area contributed by atoms with E-state index >= 15 is 0 Å². The number of ether oxygens (including phenoxy) is 1. The number of hydrogen-bond donors (Lipinski definition) is 1. The quantitative estimate of drug-likeness (QED) is 0.481. The third-order valence-corrected chi connectivity index (χ3v) is 0.724. The van der Waals surface area contributed by atoms with Gasteiger partial charge in [0.1, 0.15) is 0 Å². The van der Waals surface area contributed by atoms with Crippen LogP contribution in [0.1, 0.15) is 6.42 Å². The first-order valence-electron chi connectivity index (χ1n) is 1.84. The fourth-order valence-electron chi connectivity index (χ4n) is 0.235. The van der Waals surface area contributed by atoms with Gasteiger partial charge >= 0.3 is 0 Å². The van der Waals surface area contributed by atoms with Crippen LogP contribution in [0.3, 0.4) is 0 Å². The molecule has 0 aromatic rings. The number of rotatable bonds is 1. The van der Waals surface area contributed by atoms with Gasteiger partial charge in [0.2, 0.25) is 0 Å². The molecular formula is C4H10NO. The first kappa shape index (κ1) is 5.92. The third kappa shape index (κ3) is 1.38. The summed E-state index contributed by atoms with van der Waals surface area (Å²) >= 11 is 0. The van der Waals surface area contributed by atoms with E-state index in [-0.39, 0.29) is 6.15 Å². The van der Waals surface area contributed by atoms with Gasteiger partial charge in [-0.2, -0.15) is 0 Å². The van der Waals surface area contributed by atoms with Crippen molar-refractivity contribution in [1.82, 2.24) is 6.15 Å². The molecule has 1 saturated heterocycles. The Kier molecular flexibility index (Phi) is 2.13. The molecule has 1 heterocycles. The SMILES string of the molecule is N.[CH2]CC1CO1. The Morgan fingerprint density at radius 3 is 2.33 bits per heavy atom. The Bertz CT molecular complexity index is 34.5. The van der Waals surface area contributed by atoms with Crippen LogP contribution in [0.25, 0.3) is 0 Å². The zero-order valence-corrected chi connectivity index (χ0v) is 3.81. The van der Waals surface area contributed by atoms with Crippen LogP contribution in [0, 0.1) is 6.92 Å². The van der Waals surface area contributed by atoms with Gasteiger partial charge in [0.25, 0.3) is 0 Å². The number of hydrogen-bond acceptors (Lipinski definition) is 2. The lowest BCUT2D eigenvalue weighted by atomic mass is 10.4. The van der Waals surface area contributed by atoms with E-state index in [0.717, 1.165) is 13.0 Å². The molecule has 0 aromatic heterocycles. The van der Waals surface area contributed by atoms with Crippen LogP contribution in [-0.2, 0) is 4.74 Å². The van der Waals surface area contributed by atoms with Crippen LogP contribution in [0.15, 0.2) is 0 Å². The number of epoxide rings is 1. The minimum Gasteiger partial charge on any atom is -0.373 e. The normalized spacial score (nSPS) is 28.5. The maximum absolute atomic E-state index is 4.80. The highest BCUT2D eigenvalue weighted by Crippen LogP contribution is 2.10. The Morgan fingerprint density at radius 1 is 1.83 bits per heavy atom. The molecule has 1 unspecified atom stereocenters. The Balaban J connectivity index is 0.000000250. The molecule has 1 atom stereocenters. The van der Waals surface area contributed by atoms with E-state index < -0.39 is 0 Å². The van der Waals surface area contributed by atoms with Gasteiger partial charge in [-0.05, 0) is 6.42 Å². The molecule has 0 aliphatic carbocycles. The van der Waals surface area contributed by atoms with Gasteiger partial charge in [0.15, 0.2) is 0 Å². The van der Waals surface area contributed by atoms with Crippen LogP contribution in [0.2, 0.25) is 0 Å². The van der Waals surface area contributed by atoms with Gasteiger partial charge in [-0.15, -0.1) is 0 Å². The van der Waals surface area contributed by atoms with E-state index in [1.165, 1.54) is 0 Å². The van der Waals surface area contributed by atoms with Crippen LogP contribution in [0.4, 0.5) is 0 Å². The van der Waals surface area contributed by atoms with Gasteiger partial charge in [-0.25, -0.2) is 0 Å². The Hall–Kier alpha value is -0.0800. The zero-order chi connectivity index (χ0) is 3.70. The van der Waals surface area contributed by atoms with Gasteiger partial charge in [-0.1, -0.05) is 6.92 Å². The van der Waals surface area contributed by atoms with Gasteiger partial charge in [0, 0.05) is 0 Å². The van der Waals surface area contributed by atoms with Crippen molar-refractivity contribution in [3.63, 3.8) is 0 Å². The second kappa shape index (κ2) is 2.16. The molecule has 0 bridgehead atoms. The summed E-state index contributed by atoms with van der Waals surface area (Å²) in [5, 5.41) is 0. The molecule has 2 heteroatoms. The molecule has 3 N–H and O–H groups in total. The summed E-state index contributed by atoms with van der Waals surface area (Å²) < 4.78 is 4.80. The molecule has 2 nitrogen and oxygen atoms in total. The molecule has 6 heavy (non-hydrogen) atoms. The van der Waals surface area contributed by atoms with Gasteiger partial charge in [0.05, 0.1) is 12.7 Å². The molecule has 0 aromatic carbocycles. The van der Waals surface area contributed by atoms with Gasteiger partial charge < -0.3 is 10.9 Å². The summed E-state index contributed by atoms with van der Waals surface area (Å²) in [7, 11) is 0. The lowest BCUT2D eigenvalue weighted by molar-refractivity contribution is 0.410. The molecule has 1 rings (SSSR count). The summed E-state index contributed by atoms with van der Waals surface area (Å²) in [4.78, 5) is 0. The van der Waals surface area contributed by atoms with Crippen molar-refractivity contribution in [3.8, 4) is 0 Å². The van der Waals surface area contributed by atoms with Crippen LogP contribution in [0.5, 0.6) is 0 Å². The van der Waals surface area contributed by atoms with Crippen molar-refractivity contribution in [3.05, 3.63) is 6.92 Å². The first-order valence-corrected chi connectivity index (χ1v) is 1.84. The Morgan fingerprint density at radius 2 is 2.33 bits per heavy atom. The molecule has 1 fully saturated rings. The smallest absolute Gasteiger partial charge is 0.0810 e. The van der Waals surface area contributed by atoms with Crippen LogP contribution < -0.4 is 6.15 Å². The molecule has 0 spiro atoms. The molecule has 1 radical (unpaired) electrons. The fraction of sp³-hybridized carbons (Fsp3) is 0.750. The van der Waals surface area contributed by atoms with E-state index in [2.05, 4.69) is 6.92 Å². The molecule has 0 amide bonds. The second-order valence-electron chi connectivity index (χ2n) is 1.24. The predicted octanol–water partition coefficient (Wildman–Crippen LogP) is 0.771. The van der Waals surface area contributed by atoms with Crippen molar-refractivity contribution in [2.75, 3.05) is 6.61 Å². The third-order valence-electron chi connectivity index (χ3n) is 0.724. The highest BCUT2D eigenvalue weighted by molar-refractivity contribution is 4.68. The van der Waals surface area contributed by atoms with Crippen molar-refractivity contribution in [2.24, 2.45) is 0 Å². The minimum atomic E-state index is 0. The molecular weight excluding hydrogens is 78.0 g/mol. The lowest BCUT2D eigenvalue weighted by Gasteiger charge is -1.69. The van der Waals surface area contributed by atoms with Crippen molar-refractivity contribution in [2.45, 2.75) is 12.5 Å². The monoisotopic (exact) mass is 88.1 g/mol. The molecule has 1 aliphatic heterocycles. The topological polar surface area (TPSA) is 47.5 Å². The fourth-order valence-corrected chi connectivity index (χ4v) is 0.235. The largest absolute Gasteiger partial charge is 0.373 e. The molecule has 0 saturated carbocycles. The molecule has 1 aliphatic rings. The summed E-state index contributed by atoms with van der Waals surface area (Å²) in [6.07, 6.45) is 1.47. The van der Waals surface area contributed by atoms with Crippen LogP contribution >= 0.6 is 0 Å². The summed E-state index contributed by atoms with van der Waals surface area (Å²) in [5.74, 6) is 0. The van der Waals surface area contributed by atoms with E-state index in [1.54, 1.807) is 0 Å². The maximum Gasteiger partial charge on any atom is 0.0810 e. The average molecular weight is 88.1 g/mol. The summed E-state index contributed by atoms with van der Waals surface area (Å²) in [5.41, 5.74) is 0. The van der Waals surface area contributed by atoms with Crippen molar-refractivity contribution < 1.29 is 4.74 Å².